The molecule has 23 heavy (non-hydrogen) atoms. The molecule has 1 saturated heterocycles. The molecule has 0 radical (unpaired) electrons. The van der Waals surface area contributed by atoms with Crippen LogP contribution in [-0.2, 0) is 16.3 Å². The summed E-state index contributed by atoms with van der Waals surface area (Å²) in [4.78, 5) is 19.1. The fourth-order valence-corrected chi connectivity index (χ4v) is 5.11. The number of rotatable bonds is 5. The van der Waals surface area contributed by atoms with Crippen LogP contribution in [0.25, 0.3) is 0 Å². The summed E-state index contributed by atoms with van der Waals surface area (Å²) in [5.74, 6) is 1.67. The molecule has 3 fully saturated rings. The normalized spacial score (nSPS) is 26.4. The third-order valence-corrected chi connectivity index (χ3v) is 6.72. The summed E-state index contributed by atoms with van der Waals surface area (Å²) in [6.45, 7) is 1.80. The number of aromatic nitrogens is 1. The fourth-order valence-electron chi connectivity index (χ4n) is 3.40. The number of oxazole rings is 1. The van der Waals surface area contributed by atoms with Gasteiger partial charge in [-0.25, -0.2) is 13.4 Å². The molecule has 0 bridgehead atoms. The summed E-state index contributed by atoms with van der Waals surface area (Å²) in [6, 6.07) is -0.0476. The van der Waals surface area contributed by atoms with Gasteiger partial charge >= 0.3 is 0 Å². The summed E-state index contributed by atoms with van der Waals surface area (Å²) in [7, 11) is -3.01. The van der Waals surface area contributed by atoms with E-state index < -0.39 is 9.84 Å². The van der Waals surface area contributed by atoms with E-state index in [1.165, 1.54) is 12.8 Å². The number of carbonyl (C=O) groups is 1. The first-order valence-electron chi connectivity index (χ1n) is 8.42. The van der Waals surface area contributed by atoms with Gasteiger partial charge in [0.1, 0.15) is 0 Å². The third-order valence-electron chi connectivity index (χ3n) is 4.97. The van der Waals surface area contributed by atoms with Crippen LogP contribution >= 0.6 is 0 Å². The van der Waals surface area contributed by atoms with E-state index in [4.69, 9.17) is 4.42 Å². The van der Waals surface area contributed by atoms with E-state index >= 15 is 0 Å². The van der Waals surface area contributed by atoms with Gasteiger partial charge < -0.3 is 9.32 Å². The molecule has 1 aromatic rings. The third kappa shape index (κ3) is 3.16. The molecule has 4 rings (SSSR count). The zero-order chi connectivity index (χ0) is 16.2. The molecule has 1 aliphatic heterocycles. The molecule has 1 amide bonds. The van der Waals surface area contributed by atoms with Crippen molar-refractivity contribution in [2.75, 3.05) is 11.5 Å². The molecule has 0 N–H and O–H groups in total. The molecule has 2 saturated carbocycles. The molecule has 3 aliphatic rings. The Kier molecular flexibility index (Phi) is 3.51. The van der Waals surface area contributed by atoms with Crippen LogP contribution in [-0.4, -0.2) is 47.8 Å². The van der Waals surface area contributed by atoms with Gasteiger partial charge in [0.05, 0.1) is 17.2 Å². The van der Waals surface area contributed by atoms with Crippen molar-refractivity contribution in [3.05, 3.63) is 17.3 Å². The maximum absolute atomic E-state index is 13.0. The van der Waals surface area contributed by atoms with Crippen molar-refractivity contribution < 1.29 is 17.6 Å². The number of amides is 1. The zero-order valence-electron chi connectivity index (χ0n) is 13.3. The molecule has 0 aromatic carbocycles. The van der Waals surface area contributed by atoms with Crippen LogP contribution in [0.1, 0.15) is 54.2 Å². The zero-order valence-corrected chi connectivity index (χ0v) is 14.1. The van der Waals surface area contributed by atoms with Crippen molar-refractivity contribution in [1.82, 2.24) is 9.88 Å². The lowest BCUT2D eigenvalue weighted by molar-refractivity contribution is 0.0644. The summed E-state index contributed by atoms with van der Waals surface area (Å²) in [5, 5.41) is 0. The van der Waals surface area contributed by atoms with Crippen LogP contribution in [0.3, 0.4) is 0 Å². The van der Waals surface area contributed by atoms with E-state index in [0.717, 1.165) is 19.3 Å². The number of aryl methyl sites for hydroxylation is 1. The SMILES string of the molecule is Cc1nc(CC2CC2)oc1C(=O)N(C1CC1)C1CCS(=O)(=O)C1. The number of hydrogen-bond donors (Lipinski definition) is 0. The van der Waals surface area contributed by atoms with Gasteiger partial charge in [0.2, 0.25) is 5.76 Å². The highest BCUT2D eigenvalue weighted by atomic mass is 32.2. The highest BCUT2D eigenvalue weighted by Gasteiger charge is 2.43. The molecule has 1 aromatic heterocycles. The minimum Gasteiger partial charge on any atom is -0.435 e. The maximum Gasteiger partial charge on any atom is 0.292 e. The second-order valence-electron chi connectivity index (χ2n) is 7.17. The Bertz CT molecular complexity index is 731. The van der Waals surface area contributed by atoms with Crippen LogP contribution in [0, 0.1) is 12.8 Å². The first-order valence-corrected chi connectivity index (χ1v) is 10.2. The van der Waals surface area contributed by atoms with Gasteiger partial charge in [-0.3, -0.25) is 4.79 Å². The fraction of sp³-hybridized carbons (Fsp3) is 0.750. The Morgan fingerprint density at radius 2 is 1.96 bits per heavy atom. The Balaban J connectivity index is 1.56. The highest BCUT2D eigenvalue weighted by molar-refractivity contribution is 7.91. The van der Waals surface area contributed by atoms with Gasteiger partial charge in [-0.2, -0.15) is 0 Å². The standard InChI is InChI=1S/C16H22N2O4S/c1-10-15(22-14(17-10)8-11-2-3-11)16(19)18(12-4-5-12)13-6-7-23(20,21)9-13/h11-13H,2-9H2,1H3. The smallest absolute Gasteiger partial charge is 0.292 e. The summed E-state index contributed by atoms with van der Waals surface area (Å²) in [6.07, 6.45) is 5.65. The van der Waals surface area contributed by atoms with E-state index in [1.807, 2.05) is 0 Å². The van der Waals surface area contributed by atoms with E-state index in [9.17, 15) is 13.2 Å². The number of carbonyl (C=O) groups excluding carboxylic acids is 1. The quantitative estimate of drug-likeness (QED) is 0.817. The predicted octanol–water partition coefficient (Wildman–Crippen LogP) is 1.73. The van der Waals surface area contributed by atoms with Crippen molar-refractivity contribution in [1.29, 1.82) is 0 Å². The molecular weight excluding hydrogens is 316 g/mol. The Morgan fingerprint density at radius 1 is 1.22 bits per heavy atom. The van der Waals surface area contributed by atoms with Crippen LogP contribution in [0.5, 0.6) is 0 Å². The van der Waals surface area contributed by atoms with Crippen LogP contribution < -0.4 is 0 Å². The number of sulfone groups is 1. The lowest BCUT2D eigenvalue weighted by Crippen LogP contribution is -2.42. The topological polar surface area (TPSA) is 80.5 Å². The largest absolute Gasteiger partial charge is 0.435 e. The van der Waals surface area contributed by atoms with E-state index in [-0.39, 0.29) is 29.5 Å². The lowest BCUT2D eigenvalue weighted by Gasteiger charge is -2.27. The van der Waals surface area contributed by atoms with Gasteiger partial charge in [-0.15, -0.1) is 0 Å². The van der Waals surface area contributed by atoms with Crippen molar-refractivity contribution in [3.8, 4) is 0 Å². The van der Waals surface area contributed by atoms with Gasteiger partial charge in [-0.05, 0) is 44.9 Å². The minimum atomic E-state index is -3.01. The van der Waals surface area contributed by atoms with Gasteiger partial charge in [0, 0.05) is 18.5 Å². The second kappa shape index (κ2) is 5.33. The molecule has 7 heteroatoms. The number of nitrogens with zero attached hydrogens (tertiary/aromatic N) is 2. The molecule has 1 atom stereocenters. The van der Waals surface area contributed by atoms with Crippen molar-refractivity contribution in [2.24, 2.45) is 5.92 Å². The predicted molar refractivity (Wildman–Crippen MR) is 83.9 cm³/mol. The van der Waals surface area contributed by atoms with Crippen LogP contribution in [0.2, 0.25) is 0 Å². The monoisotopic (exact) mass is 338 g/mol. The average molecular weight is 338 g/mol. The van der Waals surface area contributed by atoms with Crippen molar-refractivity contribution in [2.45, 2.75) is 57.5 Å². The minimum absolute atomic E-state index is 0.0807. The van der Waals surface area contributed by atoms with Crippen LogP contribution in [0.4, 0.5) is 0 Å². The van der Waals surface area contributed by atoms with Crippen molar-refractivity contribution >= 4 is 15.7 Å². The molecule has 0 spiro atoms. The maximum atomic E-state index is 13.0. The molecule has 126 valence electrons. The molecular formula is C16H22N2O4S. The average Bonchev–Trinajstić information content (AvgIpc) is 3.37. The summed E-state index contributed by atoms with van der Waals surface area (Å²) >= 11 is 0. The van der Waals surface area contributed by atoms with E-state index in [2.05, 4.69) is 4.98 Å². The van der Waals surface area contributed by atoms with Gasteiger partial charge in [0.25, 0.3) is 5.91 Å². The second-order valence-corrected chi connectivity index (χ2v) is 9.40. The molecule has 2 heterocycles. The lowest BCUT2D eigenvalue weighted by atomic mass is 10.2. The summed E-state index contributed by atoms with van der Waals surface area (Å²) < 4.78 is 29.3. The Labute approximate surface area is 136 Å². The van der Waals surface area contributed by atoms with Gasteiger partial charge in [0.15, 0.2) is 15.7 Å². The molecule has 2 aliphatic carbocycles. The molecule has 6 nitrogen and oxygen atoms in total. The highest BCUT2D eigenvalue weighted by Crippen LogP contribution is 2.35. The van der Waals surface area contributed by atoms with Gasteiger partial charge in [-0.1, -0.05) is 0 Å². The first kappa shape index (κ1) is 15.2. The summed E-state index contributed by atoms with van der Waals surface area (Å²) in [5.41, 5.74) is 0.622. The Morgan fingerprint density at radius 3 is 2.52 bits per heavy atom. The Hall–Kier alpha value is -1.37. The van der Waals surface area contributed by atoms with Crippen LogP contribution in [0.15, 0.2) is 4.42 Å². The number of hydrogen-bond acceptors (Lipinski definition) is 5. The van der Waals surface area contributed by atoms with E-state index in [1.54, 1.807) is 11.8 Å². The first-order chi connectivity index (χ1) is 10.9. The molecule has 1 unspecified atom stereocenters. The van der Waals surface area contributed by atoms with Crippen molar-refractivity contribution in [3.63, 3.8) is 0 Å². The van der Waals surface area contributed by atoms with E-state index in [0.29, 0.717) is 29.7 Å².